The summed E-state index contributed by atoms with van der Waals surface area (Å²) in [6.07, 6.45) is -28.0. The van der Waals surface area contributed by atoms with Gasteiger partial charge in [0.1, 0.15) is 67.1 Å². The van der Waals surface area contributed by atoms with E-state index >= 15 is 0 Å². The maximum Gasteiger partial charge on any atom is 0.471 e. The van der Waals surface area contributed by atoms with Crippen LogP contribution in [0.3, 0.4) is 0 Å². The average molecular weight is 683 g/mol. The minimum Gasteiger partial charge on any atom is -0.394 e. The summed E-state index contributed by atoms with van der Waals surface area (Å²) in [7, 11) is 0. The summed E-state index contributed by atoms with van der Waals surface area (Å²) in [5.74, 6) is -2.82. The van der Waals surface area contributed by atoms with E-state index in [1.54, 1.807) is 5.32 Å². The molecule has 3 fully saturated rings. The van der Waals surface area contributed by atoms with Gasteiger partial charge in [0.15, 0.2) is 18.9 Å². The number of halogens is 3. The third-order valence-corrected chi connectivity index (χ3v) is 7.58. The predicted octanol–water partition coefficient (Wildman–Crippen LogP) is -5.31. The maximum atomic E-state index is 12.4. The number of carbonyl (C=O) groups excluding carboxylic acids is 2. The van der Waals surface area contributed by atoms with Crippen molar-refractivity contribution >= 4 is 11.8 Å². The molecule has 3 heterocycles. The molecule has 21 heteroatoms. The molecule has 10 N–H and O–H groups in total. The highest BCUT2D eigenvalue weighted by atomic mass is 19.4. The van der Waals surface area contributed by atoms with E-state index in [-0.39, 0.29) is 13.0 Å². The van der Waals surface area contributed by atoms with Gasteiger partial charge in [-0.25, -0.2) is 0 Å². The van der Waals surface area contributed by atoms with Gasteiger partial charge in [0.05, 0.1) is 25.9 Å². The Morgan fingerprint density at radius 1 is 0.761 bits per heavy atom. The lowest BCUT2D eigenvalue weighted by Gasteiger charge is -2.48. The lowest BCUT2D eigenvalue weighted by molar-refractivity contribution is -0.378. The number of amides is 2. The number of alkyl halides is 3. The zero-order valence-corrected chi connectivity index (χ0v) is 24.7. The average Bonchev–Trinajstić information content (AvgIpc) is 2.99. The van der Waals surface area contributed by atoms with E-state index in [0.29, 0.717) is 0 Å². The van der Waals surface area contributed by atoms with Gasteiger partial charge in [-0.3, -0.25) is 9.59 Å². The summed E-state index contributed by atoms with van der Waals surface area (Å²) < 4.78 is 70.5. The fourth-order valence-corrected chi connectivity index (χ4v) is 5.08. The van der Waals surface area contributed by atoms with E-state index in [4.69, 9.17) is 28.4 Å². The van der Waals surface area contributed by atoms with Crippen LogP contribution in [-0.2, 0) is 38.0 Å². The van der Waals surface area contributed by atoms with Crippen molar-refractivity contribution in [3.05, 3.63) is 0 Å². The fraction of sp³-hybridized carbons (Fsp3) is 0.920. The van der Waals surface area contributed by atoms with Gasteiger partial charge in [-0.2, -0.15) is 13.2 Å². The summed E-state index contributed by atoms with van der Waals surface area (Å²) in [4.78, 5) is 22.7. The number of aliphatic hydroxyl groups excluding tert-OH is 8. The number of ether oxygens (including phenoxy) is 6. The molecule has 2 amide bonds. The molecule has 0 bridgehead atoms. The van der Waals surface area contributed by atoms with Gasteiger partial charge in [-0.1, -0.05) is 0 Å². The third kappa shape index (κ3) is 9.19. The van der Waals surface area contributed by atoms with Crippen molar-refractivity contribution in [2.45, 2.75) is 119 Å². The highest BCUT2D eigenvalue weighted by Crippen LogP contribution is 2.32. The molecule has 0 aromatic rings. The van der Waals surface area contributed by atoms with Crippen LogP contribution in [-0.4, -0.2) is 177 Å². The van der Waals surface area contributed by atoms with Crippen molar-refractivity contribution in [2.24, 2.45) is 0 Å². The van der Waals surface area contributed by atoms with Crippen molar-refractivity contribution in [3.63, 3.8) is 0 Å². The van der Waals surface area contributed by atoms with Crippen molar-refractivity contribution in [1.29, 1.82) is 0 Å². The van der Waals surface area contributed by atoms with Crippen molar-refractivity contribution in [3.8, 4) is 0 Å². The lowest BCUT2D eigenvalue weighted by atomic mass is 9.95. The van der Waals surface area contributed by atoms with E-state index in [9.17, 15) is 63.6 Å². The molecule has 0 saturated carbocycles. The van der Waals surface area contributed by atoms with Crippen molar-refractivity contribution < 1.29 is 92.0 Å². The van der Waals surface area contributed by atoms with E-state index < -0.39 is 130 Å². The Balaban J connectivity index is 1.70. The molecule has 0 unspecified atom stereocenters. The van der Waals surface area contributed by atoms with Crippen LogP contribution >= 0.6 is 0 Å². The Labute approximate surface area is 259 Å². The van der Waals surface area contributed by atoms with Crippen LogP contribution in [0.1, 0.15) is 20.3 Å². The molecule has 46 heavy (non-hydrogen) atoms. The molecule has 0 radical (unpaired) electrons. The van der Waals surface area contributed by atoms with Gasteiger partial charge >= 0.3 is 12.1 Å². The Morgan fingerprint density at radius 3 is 1.93 bits per heavy atom. The lowest BCUT2D eigenvalue weighted by Crippen LogP contribution is -2.68. The third-order valence-electron chi connectivity index (χ3n) is 7.58. The molecule has 268 valence electrons. The van der Waals surface area contributed by atoms with E-state index in [1.165, 1.54) is 6.92 Å². The Kier molecular flexibility index (Phi) is 13.9. The molecule has 0 aromatic carbocycles. The number of hydrogen-bond donors (Lipinski definition) is 10. The molecular weight excluding hydrogens is 641 g/mol. The zero-order valence-electron chi connectivity index (χ0n) is 24.7. The first kappa shape index (κ1) is 38.6. The van der Waals surface area contributed by atoms with Crippen LogP contribution in [0, 0.1) is 0 Å². The SMILES string of the molecule is CC(=O)N[C@@H]1[C@H](O[C@H]2[C@H](O)[C@@H](O)[C@@H](O[C@H]3[C@H](OCCCNC(=O)C(F)(F)F)O[C@@H](C)[C@H](O)[C@H]3O)O[C@@H]2CO)O[C@H](CO)[C@@H](O)[C@@H]1O. The second-order valence-electron chi connectivity index (χ2n) is 11.0. The van der Waals surface area contributed by atoms with Gasteiger partial charge < -0.3 is 79.9 Å². The van der Waals surface area contributed by atoms with Gasteiger partial charge in [-0.05, 0) is 13.3 Å². The normalized spacial score (nSPS) is 42.0. The number of nitrogens with one attached hydrogen (secondary N) is 2. The second-order valence-corrected chi connectivity index (χ2v) is 11.0. The largest absolute Gasteiger partial charge is 0.471 e. The Morgan fingerprint density at radius 2 is 1.35 bits per heavy atom. The molecule has 18 nitrogen and oxygen atoms in total. The van der Waals surface area contributed by atoms with Crippen LogP contribution in [0.4, 0.5) is 13.2 Å². The topological polar surface area (TPSA) is 275 Å². The van der Waals surface area contributed by atoms with Crippen LogP contribution in [0.15, 0.2) is 0 Å². The Hall–Kier alpha value is -1.83. The van der Waals surface area contributed by atoms with E-state index in [1.807, 2.05) is 0 Å². The van der Waals surface area contributed by atoms with Gasteiger partial charge in [0.25, 0.3) is 0 Å². The first-order valence-corrected chi connectivity index (χ1v) is 14.3. The molecule has 3 aliphatic heterocycles. The van der Waals surface area contributed by atoms with E-state index in [2.05, 4.69) is 5.32 Å². The van der Waals surface area contributed by atoms with Crippen LogP contribution in [0.25, 0.3) is 0 Å². The molecule has 15 atom stereocenters. The van der Waals surface area contributed by atoms with E-state index in [0.717, 1.165) is 6.92 Å². The molecule has 3 rings (SSSR count). The predicted molar refractivity (Wildman–Crippen MR) is 139 cm³/mol. The van der Waals surface area contributed by atoms with Crippen LogP contribution < -0.4 is 10.6 Å². The summed E-state index contributed by atoms with van der Waals surface area (Å²) in [5, 5.41) is 87.1. The standard InChI is InChI=1S/C25H41F3N2O16/c1-8-13(34)16(37)20(23(42-8)41-5-3-4-29-24(40)25(26,27)28)46-22-18(39)17(38)19(11(7-32)44-22)45-21-12(30-9(2)33)15(36)14(35)10(6-31)43-21/h8,10-23,31-32,34-39H,3-7H2,1-2H3,(H,29,40)(H,30,33)/t8-,10+,11+,12-,13-,14+,15+,16+,17+,18+,19+,20+,21-,22+,23+/m0/s1. The molecule has 0 aromatic heterocycles. The van der Waals surface area contributed by atoms with Crippen molar-refractivity contribution in [1.82, 2.24) is 10.6 Å². The number of aliphatic hydroxyl groups is 8. The van der Waals surface area contributed by atoms with Gasteiger partial charge in [0.2, 0.25) is 5.91 Å². The number of hydrogen-bond acceptors (Lipinski definition) is 16. The maximum absolute atomic E-state index is 12.4. The minimum atomic E-state index is -5.08. The highest BCUT2D eigenvalue weighted by Gasteiger charge is 2.53. The monoisotopic (exact) mass is 682 g/mol. The summed E-state index contributed by atoms with van der Waals surface area (Å²) in [6.45, 7) is 0.0548. The summed E-state index contributed by atoms with van der Waals surface area (Å²) in [6, 6.07) is -1.44. The van der Waals surface area contributed by atoms with Gasteiger partial charge in [-0.15, -0.1) is 0 Å². The molecule has 0 spiro atoms. The molecule has 0 aliphatic carbocycles. The summed E-state index contributed by atoms with van der Waals surface area (Å²) >= 11 is 0. The molecular formula is C25H41F3N2O16. The van der Waals surface area contributed by atoms with Crippen LogP contribution in [0.5, 0.6) is 0 Å². The zero-order chi connectivity index (χ0) is 34.5. The quantitative estimate of drug-likeness (QED) is 0.0861. The molecule has 3 aliphatic rings. The summed E-state index contributed by atoms with van der Waals surface area (Å²) in [5.41, 5.74) is 0. The molecule has 3 saturated heterocycles. The number of carbonyl (C=O) groups is 2. The van der Waals surface area contributed by atoms with Gasteiger partial charge in [0, 0.05) is 13.5 Å². The Bertz CT molecular complexity index is 997. The highest BCUT2D eigenvalue weighted by molar-refractivity contribution is 5.81. The fourth-order valence-electron chi connectivity index (χ4n) is 5.08. The first-order chi connectivity index (χ1) is 21.5. The first-order valence-electron chi connectivity index (χ1n) is 14.3. The minimum absolute atomic E-state index is 0.139. The van der Waals surface area contributed by atoms with Crippen molar-refractivity contribution in [2.75, 3.05) is 26.4 Å². The van der Waals surface area contributed by atoms with Crippen LogP contribution in [0.2, 0.25) is 0 Å². The number of rotatable bonds is 12. The smallest absolute Gasteiger partial charge is 0.394 e. The second kappa shape index (κ2) is 16.5.